The maximum Gasteiger partial charge on any atom is 0.312 e. The predicted octanol–water partition coefficient (Wildman–Crippen LogP) is 5.89. The molecule has 2 unspecified atom stereocenters. The first-order chi connectivity index (χ1) is 14.9. The van der Waals surface area contributed by atoms with E-state index in [-0.39, 0.29) is 5.75 Å². The minimum absolute atomic E-state index is 0.0345. The lowest BCUT2D eigenvalue weighted by Gasteiger charge is -2.23. The Morgan fingerprint density at radius 3 is 1.87 bits per heavy atom. The quantitative estimate of drug-likeness (QED) is 0.347. The number of benzene rings is 2. The Morgan fingerprint density at radius 2 is 1.29 bits per heavy atom. The van der Waals surface area contributed by atoms with Gasteiger partial charge in [0.05, 0.1) is 11.8 Å². The van der Waals surface area contributed by atoms with Crippen LogP contribution in [0.5, 0.6) is 5.75 Å². The van der Waals surface area contributed by atoms with E-state index in [1.807, 2.05) is 12.1 Å². The van der Waals surface area contributed by atoms with Gasteiger partial charge in [-0.15, -0.1) is 0 Å². The first-order valence-electron chi connectivity index (χ1n) is 11.2. The van der Waals surface area contributed by atoms with Crippen LogP contribution in [-0.2, 0) is 22.4 Å². The monoisotopic (exact) mass is 426 g/mol. The molecule has 3 N–H and O–H groups in total. The van der Waals surface area contributed by atoms with Crippen molar-refractivity contribution < 1.29 is 24.9 Å². The molecule has 0 aliphatic carbocycles. The van der Waals surface area contributed by atoms with Crippen LogP contribution >= 0.6 is 0 Å². The van der Waals surface area contributed by atoms with Gasteiger partial charge in [0.2, 0.25) is 0 Å². The van der Waals surface area contributed by atoms with Crippen LogP contribution in [0.2, 0.25) is 0 Å². The van der Waals surface area contributed by atoms with Crippen molar-refractivity contribution in [3.8, 4) is 5.75 Å². The molecular formula is C26H34O5. The Kier molecular flexibility index (Phi) is 9.57. The minimum Gasteiger partial charge on any atom is -0.508 e. The second kappa shape index (κ2) is 12.1. The van der Waals surface area contributed by atoms with Gasteiger partial charge in [-0.3, -0.25) is 9.59 Å². The summed E-state index contributed by atoms with van der Waals surface area (Å²) in [5.41, 5.74) is 2.64. The number of carboxylic acid groups (broad SMARTS) is 2. The van der Waals surface area contributed by atoms with Gasteiger partial charge in [-0.1, -0.05) is 69.9 Å². The standard InChI is InChI=1S/C26H34O5/c1-3-5-7-10-18-12-9-13-20(14-18)23(25(28)29)24(26(30)31)21-15-19(11-8-6-4-2)16-22(27)17-21/h9,12-17,23-24,27H,3-8,10-11H2,1-2H3,(H,28,29)(H,30,31). The summed E-state index contributed by atoms with van der Waals surface area (Å²) in [4.78, 5) is 24.5. The van der Waals surface area contributed by atoms with Gasteiger partial charge in [0, 0.05) is 0 Å². The topological polar surface area (TPSA) is 94.8 Å². The number of aryl methyl sites for hydroxylation is 2. The first kappa shape index (κ1) is 24.4. The molecule has 168 valence electrons. The minimum atomic E-state index is -1.29. The third-order valence-electron chi connectivity index (χ3n) is 5.67. The second-order valence-corrected chi connectivity index (χ2v) is 8.22. The molecule has 0 saturated heterocycles. The number of hydrogen-bond acceptors (Lipinski definition) is 3. The van der Waals surface area contributed by atoms with E-state index in [9.17, 15) is 24.9 Å². The largest absolute Gasteiger partial charge is 0.508 e. The number of rotatable bonds is 13. The molecule has 0 amide bonds. The Hall–Kier alpha value is -2.82. The van der Waals surface area contributed by atoms with Crippen LogP contribution in [-0.4, -0.2) is 27.3 Å². The van der Waals surface area contributed by atoms with Gasteiger partial charge >= 0.3 is 11.9 Å². The van der Waals surface area contributed by atoms with Crippen molar-refractivity contribution in [3.63, 3.8) is 0 Å². The van der Waals surface area contributed by atoms with Crippen LogP contribution in [0.4, 0.5) is 0 Å². The lowest BCUT2D eigenvalue weighted by molar-refractivity contribution is -0.147. The van der Waals surface area contributed by atoms with Crippen LogP contribution in [0.1, 0.15) is 86.5 Å². The highest BCUT2D eigenvalue weighted by Crippen LogP contribution is 2.36. The Bertz CT molecular complexity index is 874. The summed E-state index contributed by atoms with van der Waals surface area (Å²) in [6.45, 7) is 4.22. The number of phenols is 1. The molecule has 0 aliphatic heterocycles. The fourth-order valence-corrected chi connectivity index (χ4v) is 4.08. The average Bonchev–Trinajstić information content (AvgIpc) is 2.71. The van der Waals surface area contributed by atoms with Crippen molar-refractivity contribution in [1.29, 1.82) is 0 Å². The molecule has 0 heterocycles. The number of carbonyl (C=O) groups is 2. The van der Waals surface area contributed by atoms with Crippen molar-refractivity contribution in [2.45, 2.75) is 77.0 Å². The summed E-state index contributed by atoms with van der Waals surface area (Å²) in [5, 5.41) is 30.2. The predicted molar refractivity (Wildman–Crippen MR) is 122 cm³/mol. The fraction of sp³-hybridized carbons (Fsp3) is 0.462. The summed E-state index contributed by atoms with van der Waals surface area (Å²) in [6, 6.07) is 12.0. The molecule has 5 nitrogen and oxygen atoms in total. The molecule has 0 spiro atoms. The lowest BCUT2D eigenvalue weighted by Crippen LogP contribution is -2.26. The highest BCUT2D eigenvalue weighted by atomic mass is 16.4. The van der Waals surface area contributed by atoms with Crippen molar-refractivity contribution >= 4 is 11.9 Å². The lowest BCUT2D eigenvalue weighted by atomic mass is 9.80. The summed E-state index contributed by atoms with van der Waals surface area (Å²) in [5.74, 6) is -4.97. The molecule has 0 fully saturated rings. The van der Waals surface area contributed by atoms with Gasteiger partial charge in [0.1, 0.15) is 5.75 Å². The smallest absolute Gasteiger partial charge is 0.312 e. The van der Waals surface area contributed by atoms with Crippen LogP contribution in [0.15, 0.2) is 42.5 Å². The van der Waals surface area contributed by atoms with E-state index in [1.165, 1.54) is 6.07 Å². The van der Waals surface area contributed by atoms with Crippen molar-refractivity contribution in [1.82, 2.24) is 0 Å². The van der Waals surface area contributed by atoms with Gasteiger partial charge in [-0.2, -0.15) is 0 Å². The fourth-order valence-electron chi connectivity index (χ4n) is 4.08. The summed E-state index contributed by atoms with van der Waals surface area (Å²) in [7, 11) is 0. The second-order valence-electron chi connectivity index (χ2n) is 8.22. The molecule has 2 aromatic carbocycles. The molecule has 0 saturated carbocycles. The van der Waals surface area contributed by atoms with Crippen LogP contribution in [0, 0.1) is 0 Å². The van der Waals surface area contributed by atoms with Gasteiger partial charge in [-0.25, -0.2) is 0 Å². The Balaban J connectivity index is 2.42. The molecular weight excluding hydrogens is 392 g/mol. The van der Waals surface area contributed by atoms with E-state index in [2.05, 4.69) is 13.8 Å². The zero-order valence-corrected chi connectivity index (χ0v) is 18.5. The molecule has 0 aliphatic rings. The van der Waals surface area contributed by atoms with E-state index in [4.69, 9.17) is 0 Å². The van der Waals surface area contributed by atoms with E-state index < -0.39 is 23.8 Å². The van der Waals surface area contributed by atoms with Gasteiger partial charge in [-0.05, 0) is 60.1 Å². The molecule has 0 radical (unpaired) electrons. The maximum atomic E-state index is 12.3. The molecule has 2 atom stereocenters. The maximum absolute atomic E-state index is 12.3. The zero-order chi connectivity index (χ0) is 22.8. The van der Waals surface area contributed by atoms with Gasteiger partial charge in [0.25, 0.3) is 0 Å². The number of phenolic OH excluding ortho intramolecular Hbond substituents is 1. The van der Waals surface area contributed by atoms with E-state index in [0.29, 0.717) is 17.5 Å². The number of aromatic hydroxyl groups is 1. The number of carboxylic acids is 2. The third-order valence-corrected chi connectivity index (χ3v) is 5.67. The van der Waals surface area contributed by atoms with E-state index in [1.54, 1.807) is 24.3 Å². The Morgan fingerprint density at radius 1 is 0.742 bits per heavy atom. The van der Waals surface area contributed by atoms with Crippen molar-refractivity contribution in [2.75, 3.05) is 0 Å². The average molecular weight is 427 g/mol. The first-order valence-corrected chi connectivity index (χ1v) is 11.2. The van der Waals surface area contributed by atoms with Crippen LogP contribution in [0.3, 0.4) is 0 Å². The van der Waals surface area contributed by atoms with Crippen molar-refractivity contribution in [3.05, 3.63) is 64.7 Å². The highest BCUT2D eigenvalue weighted by Gasteiger charge is 2.37. The SMILES string of the molecule is CCCCCc1cccc(C(C(=O)O)C(C(=O)O)c2cc(O)cc(CCCCC)c2)c1. The summed E-state index contributed by atoms with van der Waals surface area (Å²) in [6.07, 6.45) is 7.76. The highest BCUT2D eigenvalue weighted by molar-refractivity contribution is 5.88. The molecule has 2 rings (SSSR count). The number of aliphatic carboxylic acids is 2. The number of hydrogen-bond donors (Lipinski definition) is 3. The van der Waals surface area contributed by atoms with Crippen molar-refractivity contribution in [2.24, 2.45) is 0 Å². The molecule has 0 bridgehead atoms. The van der Waals surface area contributed by atoms with Gasteiger partial charge < -0.3 is 15.3 Å². The zero-order valence-electron chi connectivity index (χ0n) is 18.5. The molecule has 31 heavy (non-hydrogen) atoms. The summed E-state index contributed by atoms with van der Waals surface area (Å²) >= 11 is 0. The number of unbranched alkanes of at least 4 members (excludes halogenated alkanes) is 4. The normalized spacial score (nSPS) is 13.0. The van der Waals surface area contributed by atoms with E-state index >= 15 is 0 Å². The Labute approximate surface area is 184 Å². The summed E-state index contributed by atoms with van der Waals surface area (Å²) < 4.78 is 0. The van der Waals surface area contributed by atoms with Crippen LogP contribution < -0.4 is 0 Å². The molecule has 5 heteroatoms. The third kappa shape index (κ3) is 7.12. The van der Waals surface area contributed by atoms with Crippen LogP contribution in [0.25, 0.3) is 0 Å². The molecule has 2 aromatic rings. The van der Waals surface area contributed by atoms with Gasteiger partial charge in [0.15, 0.2) is 0 Å². The van der Waals surface area contributed by atoms with E-state index in [0.717, 1.165) is 56.1 Å². The molecule has 0 aromatic heterocycles.